The van der Waals surface area contributed by atoms with Crippen molar-refractivity contribution in [2.24, 2.45) is 0 Å². The Labute approximate surface area is 117 Å². The van der Waals surface area contributed by atoms with Crippen LogP contribution >= 0.6 is 22.9 Å². The molecule has 2 aromatic rings. The summed E-state index contributed by atoms with van der Waals surface area (Å²) >= 11 is 7.92. The number of alkyl halides is 1. The Hall–Kier alpha value is -0.800. The van der Waals surface area contributed by atoms with Crippen LogP contribution in [-0.4, -0.2) is 23.5 Å². The number of hydrogen-bond acceptors (Lipinski definition) is 3. The zero-order valence-corrected chi connectivity index (χ0v) is 11.9. The zero-order valence-electron chi connectivity index (χ0n) is 10.3. The van der Waals surface area contributed by atoms with Gasteiger partial charge in [-0.25, -0.2) is 4.98 Å². The van der Waals surface area contributed by atoms with E-state index in [1.54, 1.807) is 11.3 Å². The van der Waals surface area contributed by atoms with Crippen LogP contribution in [0.25, 0.3) is 10.2 Å². The summed E-state index contributed by atoms with van der Waals surface area (Å²) in [5.41, 5.74) is 1.11. The summed E-state index contributed by atoms with van der Waals surface area (Å²) in [6.45, 7) is 1.09. The van der Waals surface area contributed by atoms with Crippen LogP contribution in [0.2, 0.25) is 0 Å². The van der Waals surface area contributed by atoms with Crippen LogP contribution in [0.3, 0.4) is 0 Å². The summed E-state index contributed by atoms with van der Waals surface area (Å²) in [6.07, 6.45) is 5.05. The van der Waals surface area contributed by atoms with Crippen molar-refractivity contribution in [3.8, 4) is 0 Å². The molecule has 1 aliphatic heterocycles. The number of anilines is 1. The van der Waals surface area contributed by atoms with Gasteiger partial charge in [0.2, 0.25) is 0 Å². The molecule has 1 aliphatic rings. The second kappa shape index (κ2) is 5.45. The molecule has 96 valence electrons. The number of nitrogens with zero attached hydrogens (tertiary/aromatic N) is 2. The predicted octanol–water partition coefficient (Wildman–Crippen LogP) is 4.28. The molecule has 1 saturated heterocycles. The number of fused-ring (bicyclic) bond motifs is 1. The third kappa shape index (κ3) is 2.34. The number of halogens is 1. The molecule has 4 heteroatoms. The molecule has 0 aliphatic carbocycles. The van der Waals surface area contributed by atoms with E-state index in [-0.39, 0.29) is 0 Å². The van der Waals surface area contributed by atoms with Gasteiger partial charge in [-0.15, -0.1) is 11.6 Å². The van der Waals surface area contributed by atoms with Crippen molar-refractivity contribution in [2.75, 3.05) is 17.3 Å². The standard InChI is InChI=1S/C14H17ClN2S/c15-10-11-6-2-1-5-9-17(11)14-16-12-7-3-4-8-13(12)18-14/h3-4,7-8,11H,1-2,5-6,9-10H2. The van der Waals surface area contributed by atoms with Crippen LogP contribution in [0.4, 0.5) is 5.13 Å². The number of thiazole rings is 1. The van der Waals surface area contributed by atoms with Gasteiger partial charge in [0.05, 0.1) is 10.2 Å². The van der Waals surface area contributed by atoms with E-state index in [1.807, 2.05) is 6.07 Å². The first kappa shape index (κ1) is 12.2. The van der Waals surface area contributed by atoms with Gasteiger partial charge >= 0.3 is 0 Å². The third-order valence-corrected chi connectivity index (χ3v) is 5.01. The molecular weight excluding hydrogens is 264 g/mol. The van der Waals surface area contributed by atoms with E-state index in [0.29, 0.717) is 11.9 Å². The zero-order chi connectivity index (χ0) is 12.4. The van der Waals surface area contributed by atoms with Gasteiger partial charge in [-0.1, -0.05) is 36.3 Å². The summed E-state index contributed by atoms with van der Waals surface area (Å²) in [6, 6.07) is 8.81. The van der Waals surface area contributed by atoms with E-state index < -0.39 is 0 Å². The topological polar surface area (TPSA) is 16.1 Å². The van der Waals surface area contributed by atoms with Gasteiger partial charge in [0.1, 0.15) is 0 Å². The maximum atomic E-state index is 6.13. The molecule has 1 atom stereocenters. The number of rotatable bonds is 2. The highest BCUT2D eigenvalue weighted by Gasteiger charge is 2.22. The Balaban J connectivity index is 1.95. The fourth-order valence-corrected chi connectivity index (χ4v) is 3.96. The Morgan fingerprint density at radius 2 is 2.17 bits per heavy atom. The normalized spacial score (nSPS) is 21.2. The molecule has 0 saturated carbocycles. The molecule has 1 aromatic carbocycles. The van der Waals surface area contributed by atoms with Crippen molar-refractivity contribution in [2.45, 2.75) is 31.7 Å². The molecule has 18 heavy (non-hydrogen) atoms. The minimum absolute atomic E-state index is 0.453. The van der Waals surface area contributed by atoms with Gasteiger partial charge in [-0.05, 0) is 25.0 Å². The van der Waals surface area contributed by atoms with Crippen molar-refractivity contribution >= 4 is 38.3 Å². The monoisotopic (exact) mass is 280 g/mol. The number of benzene rings is 1. The van der Waals surface area contributed by atoms with E-state index in [2.05, 4.69) is 23.1 Å². The minimum atomic E-state index is 0.453. The molecule has 1 unspecified atom stereocenters. The highest BCUT2D eigenvalue weighted by Crippen LogP contribution is 2.32. The number of aromatic nitrogens is 1. The predicted molar refractivity (Wildman–Crippen MR) is 79.9 cm³/mol. The molecule has 2 nitrogen and oxygen atoms in total. The Morgan fingerprint density at radius 1 is 1.28 bits per heavy atom. The summed E-state index contributed by atoms with van der Waals surface area (Å²) in [5.74, 6) is 0.704. The van der Waals surface area contributed by atoms with Gasteiger partial charge in [0.15, 0.2) is 5.13 Å². The van der Waals surface area contributed by atoms with E-state index in [0.717, 1.165) is 17.2 Å². The molecule has 3 rings (SSSR count). The lowest BCUT2D eigenvalue weighted by atomic mass is 10.1. The van der Waals surface area contributed by atoms with Crippen LogP contribution in [0.5, 0.6) is 0 Å². The van der Waals surface area contributed by atoms with Crippen molar-refractivity contribution in [1.29, 1.82) is 0 Å². The van der Waals surface area contributed by atoms with Crippen molar-refractivity contribution in [3.05, 3.63) is 24.3 Å². The van der Waals surface area contributed by atoms with Crippen LogP contribution in [0, 0.1) is 0 Å². The molecule has 0 bridgehead atoms. The lowest BCUT2D eigenvalue weighted by molar-refractivity contribution is 0.620. The maximum absolute atomic E-state index is 6.13. The lowest BCUT2D eigenvalue weighted by Gasteiger charge is -2.27. The van der Waals surface area contributed by atoms with Gasteiger partial charge in [-0.2, -0.15) is 0 Å². The maximum Gasteiger partial charge on any atom is 0.186 e. The molecular formula is C14H17ClN2S. The lowest BCUT2D eigenvalue weighted by Crippen LogP contribution is -2.36. The molecule has 0 N–H and O–H groups in total. The third-order valence-electron chi connectivity index (χ3n) is 3.58. The second-order valence-electron chi connectivity index (χ2n) is 4.82. The first-order valence-electron chi connectivity index (χ1n) is 6.56. The minimum Gasteiger partial charge on any atom is -0.344 e. The average molecular weight is 281 g/mol. The van der Waals surface area contributed by atoms with Gasteiger partial charge in [0.25, 0.3) is 0 Å². The molecule has 1 fully saturated rings. The highest BCUT2D eigenvalue weighted by atomic mass is 35.5. The highest BCUT2D eigenvalue weighted by molar-refractivity contribution is 7.22. The first-order valence-corrected chi connectivity index (χ1v) is 7.92. The fourth-order valence-electron chi connectivity index (χ4n) is 2.57. The largest absolute Gasteiger partial charge is 0.344 e. The van der Waals surface area contributed by atoms with Gasteiger partial charge in [-0.3, -0.25) is 0 Å². The SMILES string of the molecule is ClCC1CCCCCN1c1nc2ccccc2s1. The fraction of sp³-hybridized carbons (Fsp3) is 0.500. The van der Waals surface area contributed by atoms with E-state index in [1.165, 1.54) is 30.4 Å². The summed E-state index contributed by atoms with van der Waals surface area (Å²) < 4.78 is 1.27. The Kier molecular flexibility index (Phi) is 3.71. The second-order valence-corrected chi connectivity index (χ2v) is 6.13. The van der Waals surface area contributed by atoms with Crippen LogP contribution < -0.4 is 4.90 Å². The van der Waals surface area contributed by atoms with E-state index >= 15 is 0 Å². The van der Waals surface area contributed by atoms with Gasteiger partial charge in [0, 0.05) is 18.5 Å². The van der Waals surface area contributed by atoms with Crippen molar-refractivity contribution in [1.82, 2.24) is 4.98 Å². The van der Waals surface area contributed by atoms with E-state index in [9.17, 15) is 0 Å². The van der Waals surface area contributed by atoms with Crippen LogP contribution in [-0.2, 0) is 0 Å². The molecule has 0 amide bonds. The molecule has 0 spiro atoms. The molecule has 1 aromatic heterocycles. The van der Waals surface area contributed by atoms with Crippen molar-refractivity contribution < 1.29 is 0 Å². The Morgan fingerprint density at radius 3 is 3.00 bits per heavy atom. The summed E-state index contributed by atoms with van der Waals surface area (Å²) in [5, 5.41) is 1.14. The summed E-state index contributed by atoms with van der Waals surface area (Å²) in [7, 11) is 0. The Bertz CT molecular complexity index is 492. The van der Waals surface area contributed by atoms with Crippen LogP contribution in [0.1, 0.15) is 25.7 Å². The summed E-state index contributed by atoms with van der Waals surface area (Å²) in [4.78, 5) is 7.18. The molecule has 0 radical (unpaired) electrons. The van der Waals surface area contributed by atoms with E-state index in [4.69, 9.17) is 16.6 Å². The first-order chi connectivity index (χ1) is 8.88. The number of hydrogen-bond donors (Lipinski definition) is 0. The quantitative estimate of drug-likeness (QED) is 0.763. The van der Waals surface area contributed by atoms with Crippen LogP contribution in [0.15, 0.2) is 24.3 Å². The van der Waals surface area contributed by atoms with Gasteiger partial charge < -0.3 is 4.90 Å². The smallest absolute Gasteiger partial charge is 0.186 e. The van der Waals surface area contributed by atoms with Crippen molar-refractivity contribution in [3.63, 3.8) is 0 Å². The number of para-hydroxylation sites is 1. The molecule has 2 heterocycles. The average Bonchev–Trinajstić information content (AvgIpc) is 2.68.